The van der Waals surface area contributed by atoms with Crippen LogP contribution in [0, 0.1) is 5.92 Å². The van der Waals surface area contributed by atoms with Crippen LogP contribution in [0.25, 0.3) is 0 Å². The Labute approximate surface area is 96.2 Å². The molecule has 5 nitrogen and oxygen atoms in total. The van der Waals surface area contributed by atoms with E-state index < -0.39 is 0 Å². The maximum atomic E-state index is 11.4. The second-order valence-electron chi connectivity index (χ2n) is 5.20. The smallest absolute Gasteiger partial charge is 0.222 e. The van der Waals surface area contributed by atoms with Gasteiger partial charge < -0.3 is 5.32 Å². The molecule has 1 rings (SSSR count). The molecule has 0 aromatic carbocycles. The van der Waals surface area contributed by atoms with Crippen molar-refractivity contribution in [2.45, 2.75) is 46.7 Å². The van der Waals surface area contributed by atoms with Crippen molar-refractivity contribution in [2.75, 3.05) is 0 Å². The molecule has 1 amide bonds. The van der Waals surface area contributed by atoms with E-state index in [0.717, 1.165) is 5.69 Å². The Morgan fingerprint density at radius 3 is 2.56 bits per heavy atom. The van der Waals surface area contributed by atoms with Crippen molar-refractivity contribution in [3.63, 3.8) is 0 Å². The Hall–Kier alpha value is -1.39. The van der Waals surface area contributed by atoms with Gasteiger partial charge in [0.05, 0.1) is 18.3 Å². The first-order valence-electron chi connectivity index (χ1n) is 5.50. The molecule has 16 heavy (non-hydrogen) atoms. The summed E-state index contributed by atoms with van der Waals surface area (Å²) in [7, 11) is 0. The Morgan fingerprint density at radius 1 is 1.50 bits per heavy atom. The predicted molar refractivity (Wildman–Crippen MR) is 61.7 cm³/mol. The topological polar surface area (TPSA) is 59.8 Å². The highest BCUT2D eigenvalue weighted by Gasteiger charge is 2.15. The van der Waals surface area contributed by atoms with Gasteiger partial charge in [-0.3, -0.25) is 4.79 Å². The molecule has 0 aliphatic rings. The fourth-order valence-electron chi connectivity index (χ4n) is 1.09. The number of aromatic nitrogens is 3. The van der Waals surface area contributed by atoms with E-state index in [1.54, 1.807) is 4.68 Å². The van der Waals surface area contributed by atoms with Crippen LogP contribution in [0.15, 0.2) is 6.20 Å². The lowest BCUT2D eigenvalue weighted by atomic mass is 10.1. The van der Waals surface area contributed by atoms with Crippen LogP contribution in [0.5, 0.6) is 0 Å². The van der Waals surface area contributed by atoms with Gasteiger partial charge in [0.1, 0.15) is 5.69 Å². The molecule has 1 aromatic heterocycles. The number of carbonyl (C=O) groups is 1. The third-order valence-corrected chi connectivity index (χ3v) is 2.20. The van der Waals surface area contributed by atoms with E-state index in [1.807, 2.05) is 20.0 Å². The Kier molecular flexibility index (Phi) is 3.67. The molecule has 0 aliphatic carbocycles. The van der Waals surface area contributed by atoms with Gasteiger partial charge in [0.2, 0.25) is 5.91 Å². The maximum absolute atomic E-state index is 11.4. The van der Waals surface area contributed by atoms with Crippen molar-refractivity contribution >= 4 is 5.91 Å². The van der Waals surface area contributed by atoms with Crippen LogP contribution in [0.4, 0.5) is 0 Å². The lowest BCUT2D eigenvalue weighted by molar-refractivity contribution is -0.124. The first-order chi connectivity index (χ1) is 7.30. The monoisotopic (exact) mass is 224 g/mol. The summed E-state index contributed by atoms with van der Waals surface area (Å²) in [5.41, 5.74) is 0.705. The molecular weight excluding hydrogens is 204 g/mol. The molecule has 0 saturated heterocycles. The highest BCUT2D eigenvalue weighted by atomic mass is 16.1. The van der Waals surface area contributed by atoms with Crippen molar-refractivity contribution < 1.29 is 4.79 Å². The molecule has 1 N–H and O–H groups in total. The number of amides is 1. The van der Waals surface area contributed by atoms with E-state index in [4.69, 9.17) is 0 Å². The van der Waals surface area contributed by atoms with Crippen molar-refractivity contribution in [3.05, 3.63) is 11.9 Å². The van der Waals surface area contributed by atoms with Crippen LogP contribution >= 0.6 is 0 Å². The zero-order chi connectivity index (χ0) is 12.3. The van der Waals surface area contributed by atoms with E-state index >= 15 is 0 Å². The number of nitrogens with one attached hydrogen (secondary N) is 1. The zero-order valence-electron chi connectivity index (χ0n) is 10.6. The second-order valence-corrected chi connectivity index (χ2v) is 5.20. The second kappa shape index (κ2) is 4.63. The fourth-order valence-corrected chi connectivity index (χ4v) is 1.09. The minimum absolute atomic E-state index is 0.00217. The van der Waals surface area contributed by atoms with Gasteiger partial charge in [-0.2, -0.15) is 0 Å². The lowest BCUT2D eigenvalue weighted by Crippen LogP contribution is -2.27. The van der Waals surface area contributed by atoms with Gasteiger partial charge in [-0.05, 0) is 20.8 Å². The Bertz CT molecular complexity index is 362. The standard InChI is InChI=1S/C11H20N4O/c1-8(2)10(16)12-6-9-7-15(14-13-9)11(3,4)5/h7-8H,6H2,1-5H3,(H,12,16). The number of hydrogen-bond acceptors (Lipinski definition) is 3. The van der Waals surface area contributed by atoms with Crippen LogP contribution < -0.4 is 5.32 Å². The van der Waals surface area contributed by atoms with E-state index in [2.05, 4.69) is 36.4 Å². The summed E-state index contributed by atoms with van der Waals surface area (Å²) in [6.07, 6.45) is 1.86. The molecule has 0 aliphatic heterocycles. The van der Waals surface area contributed by atoms with Crippen LogP contribution in [0.3, 0.4) is 0 Å². The van der Waals surface area contributed by atoms with Crippen LogP contribution in [0.2, 0.25) is 0 Å². The molecule has 1 aromatic rings. The van der Waals surface area contributed by atoms with Crippen LogP contribution in [-0.2, 0) is 16.9 Å². The predicted octanol–water partition coefficient (Wildman–Crippen LogP) is 1.31. The van der Waals surface area contributed by atoms with Gasteiger partial charge in [0.15, 0.2) is 0 Å². The van der Waals surface area contributed by atoms with Crippen molar-refractivity contribution in [3.8, 4) is 0 Å². The van der Waals surface area contributed by atoms with E-state index in [9.17, 15) is 4.79 Å². The third-order valence-electron chi connectivity index (χ3n) is 2.20. The molecule has 0 unspecified atom stereocenters. The highest BCUT2D eigenvalue weighted by molar-refractivity contribution is 5.77. The largest absolute Gasteiger partial charge is 0.350 e. The van der Waals surface area contributed by atoms with Crippen molar-refractivity contribution in [2.24, 2.45) is 5.92 Å². The van der Waals surface area contributed by atoms with Gasteiger partial charge in [-0.15, -0.1) is 5.10 Å². The van der Waals surface area contributed by atoms with Gasteiger partial charge in [-0.25, -0.2) is 4.68 Å². The zero-order valence-corrected chi connectivity index (χ0v) is 10.6. The average molecular weight is 224 g/mol. The summed E-state index contributed by atoms with van der Waals surface area (Å²) in [5, 5.41) is 10.8. The van der Waals surface area contributed by atoms with E-state index in [1.165, 1.54) is 0 Å². The van der Waals surface area contributed by atoms with Crippen molar-refractivity contribution in [1.82, 2.24) is 20.3 Å². The normalized spacial score (nSPS) is 11.9. The first-order valence-corrected chi connectivity index (χ1v) is 5.50. The van der Waals surface area contributed by atoms with Crippen LogP contribution in [-0.4, -0.2) is 20.9 Å². The molecular formula is C11H20N4O. The fraction of sp³-hybridized carbons (Fsp3) is 0.727. The summed E-state index contributed by atoms with van der Waals surface area (Å²) in [6.45, 7) is 10.3. The quantitative estimate of drug-likeness (QED) is 0.842. The molecule has 90 valence electrons. The molecule has 5 heteroatoms. The number of hydrogen-bond donors (Lipinski definition) is 1. The minimum Gasteiger partial charge on any atom is -0.350 e. The SMILES string of the molecule is CC(C)C(=O)NCc1cn(C(C)(C)C)nn1. The molecule has 0 saturated carbocycles. The summed E-state index contributed by atoms with van der Waals surface area (Å²) in [5.74, 6) is 0.0305. The molecule has 0 radical (unpaired) electrons. The lowest BCUT2D eigenvalue weighted by Gasteiger charge is -2.17. The number of rotatable bonds is 3. The molecule has 1 heterocycles. The molecule has 0 fully saturated rings. The van der Waals surface area contributed by atoms with Gasteiger partial charge in [0, 0.05) is 5.92 Å². The minimum atomic E-state index is -0.0761. The van der Waals surface area contributed by atoms with E-state index in [-0.39, 0.29) is 17.4 Å². The average Bonchev–Trinajstić information content (AvgIpc) is 2.61. The summed E-state index contributed by atoms with van der Waals surface area (Å²) in [6, 6.07) is 0. The van der Waals surface area contributed by atoms with Gasteiger partial charge in [-0.1, -0.05) is 19.1 Å². The van der Waals surface area contributed by atoms with Gasteiger partial charge in [0.25, 0.3) is 0 Å². The summed E-state index contributed by atoms with van der Waals surface area (Å²) < 4.78 is 1.80. The highest BCUT2D eigenvalue weighted by Crippen LogP contribution is 2.11. The van der Waals surface area contributed by atoms with Gasteiger partial charge >= 0.3 is 0 Å². The third kappa shape index (κ3) is 3.32. The Balaban J connectivity index is 2.57. The number of nitrogens with zero attached hydrogens (tertiary/aromatic N) is 3. The number of carbonyl (C=O) groups excluding carboxylic acids is 1. The molecule has 0 spiro atoms. The first kappa shape index (κ1) is 12.7. The maximum Gasteiger partial charge on any atom is 0.222 e. The van der Waals surface area contributed by atoms with E-state index in [0.29, 0.717) is 6.54 Å². The summed E-state index contributed by atoms with van der Waals surface area (Å²) in [4.78, 5) is 11.4. The molecule has 0 atom stereocenters. The Morgan fingerprint density at radius 2 is 2.12 bits per heavy atom. The summed E-state index contributed by atoms with van der Waals surface area (Å²) >= 11 is 0. The van der Waals surface area contributed by atoms with Crippen molar-refractivity contribution in [1.29, 1.82) is 0 Å². The van der Waals surface area contributed by atoms with Crippen LogP contribution in [0.1, 0.15) is 40.3 Å². The molecule has 0 bridgehead atoms.